The highest BCUT2D eigenvalue weighted by Crippen LogP contribution is 2.43. The Balaban J connectivity index is 1.51. The number of carbonyl (C=O) groups is 2. The number of amides is 2. The van der Waals surface area contributed by atoms with Crippen molar-refractivity contribution < 1.29 is 9.59 Å². The molecule has 0 aromatic heterocycles. The fraction of sp³-hybridized carbons (Fsp3) is 0.417. The molecule has 2 aliphatic rings. The molecule has 1 aliphatic carbocycles. The molecular formula is C24H28N2O2S. The second kappa shape index (κ2) is 7.86. The molecule has 0 saturated carbocycles. The van der Waals surface area contributed by atoms with E-state index in [9.17, 15) is 9.59 Å². The smallest absolute Gasteiger partial charge is 0.238 e. The third kappa shape index (κ3) is 4.50. The van der Waals surface area contributed by atoms with Crippen LogP contribution in [0, 0.1) is 5.41 Å². The summed E-state index contributed by atoms with van der Waals surface area (Å²) in [6, 6.07) is 14.4. The van der Waals surface area contributed by atoms with Crippen molar-refractivity contribution >= 4 is 35.0 Å². The Labute approximate surface area is 177 Å². The molecule has 4 nitrogen and oxygen atoms in total. The van der Waals surface area contributed by atoms with Gasteiger partial charge in [-0.1, -0.05) is 39.0 Å². The van der Waals surface area contributed by atoms with Crippen molar-refractivity contribution in [1.82, 2.24) is 0 Å². The highest BCUT2D eigenvalue weighted by molar-refractivity contribution is 8.00. The Morgan fingerprint density at radius 3 is 2.55 bits per heavy atom. The fourth-order valence-electron chi connectivity index (χ4n) is 4.08. The van der Waals surface area contributed by atoms with Crippen molar-refractivity contribution in [2.75, 3.05) is 16.0 Å². The fourth-order valence-corrected chi connectivity index (χ4v) is 5.25. The Morgan fingerprint density at radius 1 is 1.10 bits per heavy atom. The van der Waals surface area contributed by atoms with Gasteiger partial charge < -0.3 is 5.32 Å². The van der Waals surface area contributed by atoms with Crippen LogP contribution in [-0.2, 0) is 22.4 Å². The lowest BCUT2D eigenvalue weighted by atomic mass is 9.92. The molecular weight excluding hydrogens is 380 g/mol. The Bertz CT molecular complexity index is 931. The van der Waals surface area contributed by atoms with E-state index in [1.54, 1.807) is 11.8 Å². The van der Waals surface area contributed by atoms with Crippen molar-refractivity contribution in [1.29, 1.82) is 0 Å². The zero-order valence-corrected chi connectivity index (χ0v) is 18.1. The number of hydrogen-bond donors (Lipinski definition) is 1. The van der Waals surface area contributed by atoms with Crippen molar-refractivity contribution in [3.05, 3.63) is 59.2 Å². The first kappa shape index (κ1) is 20.0. The lowest BCUT2D eigenvalue weighted by Gasteiger charge is -2.25. The van der Waals surface area contributed by atoms with Gasteiger partial charge in [0.15, 0.2) is 0 Å². The first-order valence-electron chi connectivity index (χ1n) is 10.3. The number of nitrogens with zero attached hydrogens (tertiary/aromatic N) is 1. The monoisotopic (exact) mass is 408 g/mol. The average molecular weight is 409 g/mol. The van der Waals surface area contributed by atoms with Gasteiger partial charge in [-0.25, -0.2) is 0 Å². The van der Waals surface area contributed by atoms with E-state index in [2.05, 4.69) is 44.3 Å². The number of thioether (sulfide) groups is 1. The number of hydrogen-bond acceptors (Lipinski definition) is 3. The highest BCUT2D eigenvalue weighted by atomic mass is 32.2. The molecule has 2 aromatic carbocycles. The van der Waals surface area contributed by atoms with Crippen molar-refractivity contribution in [3.8, 4) is 0 Å². The molecule has 0 bridgehead atoms. The number of benzene rings is 2. The summed E-state index contributed by atoms with van der Waals surface area (Å²) in [5.41, 5.74) is 5.62. The van der Waals surface area contributed by atoms with Gasteiger partial charge in [-0.15, -0.1) is 11.8 Å². The summed E-state index contributed by atoms with van der Waals surface area (Å²) in [4.78, 5) is 26.8. The molecule has 1 fully saturated rings. The minimum absolute atomic E-state index is 0.0236. The van der Waals surface area contributed by atoms with E-state index in [1.807, 2.05) is 29.2 Å². The van der Waals surface area contributed by atoms with Crippen molar-refractivity contribution in [2.45, 2.75) is 51.8 Å². The third-order valence-electron chi connectivity index (χ3n) is 5.40. The minimum Gasteiger partial charge on any atom is -0.326 e. The van der Waals surface area contributed by atoms with Crippen LogP contribution in [0.15, 0.2) is 42.5 Å². The molecule has 5 heteroatoms. The number of fused-ring (bicyclic) bond motifs is 1. The van der Waals surface area contributed by atoms with Crippen LogP contribution >= 0.6 is 11.8 Å². The van der Waals surface area contributed by atoms with Crippen LogP contribution < -0.4 is 10.2 Å². The Morgan fingerprint density at radius 2 is 1.83 bits per heavy atom. The second-order valence-electron chi connectivity index (χ2n) is 9.14. The Kier molecular flexibility index (Phi) is 5.43. The van der Waals surface area contributed by atoms with E-state index in [-0.39, 0.29) is 22.6 Å². The number of anilines is 2. The van der Waals surface area contributed by atoms with Gasteiger partial charge >= 0.3 is 0 Å². The first-order chi connectivity index (χ1) is 13.8. The van der Waals surface area contributed by atoms with Crippen LogP contribution in [0.1, 0.15) is 55.7 Å². The molecule has 0 unspecified atom stereocenters. The van der Waals surface area contributed by atoms with Crippen LogP contribution in [0.4, 0.5) is 11.4 Å². The SMILES string of the molecule is CC(C)(C)CC(=O)Nc1ccc([C@H]2SCC(=O)N2c2ccc3c(c2)CCC3)cc1. The van der Waals surface area contributed by atoms with Crippen LogP contribution in [0.3, 0.4) is 0 Å². The van der Waals surface area contributed by atoms with E-state index >= 15 is 0 Å². The van der Waals surface area contributed by atoms with E-state index in [0.29, 0.717) is 12.2 Å². The van der Waals surface area contributed by atoms with Gasteiger partial charge in [-0.2, -0.15) is 0 Å². The molecule has 1 saturated heterocycles. The molecule has 1 atom stereocenters. The Hall–Kier alpha value is -2.27. The largest absolute Gasteiger partial charge is 0.326 e. The number of carbonyl (C=O) groups excluding carboxylic acids is 2. The maximum absolute atomic E-state index is 12.7. The topological polar surface area (TPSA) is 49.4 Å². The van der Waals surface area contributed by atoms with Crippen LogP contribution in [0.5, 0.6) is 0 Å². The van der Waals surface area contributed by atoms with Gasteiger partial charge in [0.2, 0.25) is 11.8 Å². The molecule has 2 aromatic rings. The van der Waals surface area contributed by atoms with Crippen LogP contribution in [0.25, 0.3) is 0 Å². The summed E-state index contributed by atoms with van der Waals surface area (Å²) in [6.45, 7) is 6.16. The molecule has 1 N–H and O–H groups in total. The number of rotatable bonds is 4. The van der Waals surface area contributed by atoms with E-state index in [1.165, 1.54) is 17.5 Å². The normalized spacial score (nSPS) is 18.8. The molecule has 29 heavy (non-hydrogen) atoms. The summed E-state index contributed by atoms with van der Waals surface area (Å²) < 4.78 is 0. The van der Waals surface area contributed by atoms with E-state index < -0.39 is 0 Å². The van der Waals surface area contributed by atoms with Gasteiger partial charge in [-0.3, -0.25) is 14.5 Å². The number of aryl methyl sites for hydroxylation is 2. The van der Waals surface area contributed by atoms with Gasteiger partial charge in [0.1, 0.15) is 5.37 Å². The summed E-state index contributed by atoms with van der Waals surface area (Å²) >= 11 is 1.66. The minimum atomic E-state index is -0.0404. The molecule has 0 radical (unpaired) electrons. The first-order valence-corrected chi connectivity index (χ1v) is 11.3. The van der Waals surface area contributed by atoms with Crippen molar-refractivity contribution in [2.24, 2.45) is 5.41 Å². The lowest BCUT2D eigenvalue weighted by molar-refractivity contribution is -0.118. The van der Waals surface area contributed by atoms with Gasteiger partial charge in [0, 0.05) is 17.8 Å². The zero-order chi connectivity index (χ0) is 20.6. The molecule has 1 aliphatic heterocycles. The summed E-state index contributed by atoms with van der Waals surface area (Å²) in [7, 11) is 0. The van der Waals surface area contributed by atoms with E-state index in [0.717, 1.165) is 29.8 Å². The molecule has 2 amide bonds. The van der Waals surface area contributed by atoms with E-state index in [4.69, 9.17) is 0 Å². The summed E-state index contributed by atoms with van der Waals surface area (Å²) in [6.07, 6.45) is 3.93. The molecule has 4 rings (SSSR count). The highest BCUT2D eigenvalue weighted by Gasteiger charge is 2.34. The molecule has 152 valence electrons. The average Bonchev–Trinajstić information content (AvgIpc) is 3.26. The quantitative estimate of drug-likeness (QED) is 0.744. The van der Waals surface area contributed by atoms with Gasteiger partial charge in [0.25, 0.3) is 0 Å². The standard InChI is InChI=1S/C24H28N2O2S/c1-24(2,3)14-21(27)25-19-10-7-17(8-11-19)23-26(22(28)15-29-23)20-12-9-16-5-4-6-18(16)13-20/h7-13,23H,4-6,14-15H2,1-3H3,(H,25,27)/t23-/m1/s1. The van der Waals surface area contributed by atoms with Crippen LogP contribution in [-0.4, -0.2) is 17.6 Å². The molecule has 0 spiro atoms. The third-order valence-corrected chi connectivity index (χ3v) is 6.61. The van der Waals surface area contributed by atoms with Gasteiger partial charge in [-0.05, 0) is 65.6 Å². The second-order valence-corrected chi connectivity index (χ2v) is 10.2. The predicted molar refractivity (Wildman–Crippen MR) is 120 cm³/mol. The maximum Gasteiger partial charge on any atom is 0.238 e. The van der Waals surface area contributed by atoms with Gasteiger partial charge in [0.05, 0.1) is 5.75 Å². The zero-order valence-electron chi connectivity index (χ0n) is 17.3. The summed E-state index contributed by atoms with van der Waals surface area (Å²) in [5, 5.41) is 2.94. The summed E-state index contributed by atoms with van der Waals surface area (Å²) in [5.74, 6) is 0.669. The predicted octanol–water partition coefficient (Wildman–Crippen LogP) is 5.33. The maximum atomic E-state index is 12.7. The number of nitrogens with one attached hydrogen (secondary N) is 1. The molecule has 1 heterocycles. The van der Waals surface area contributed by atoms with Crippen molar-refractivity contribution in [3.63, 3.8) is 0 Å². The van der Waals surface area contributed by atoms with Crippen LogP contribution in [0.2, 0.25) is 0 Å². The lowest BCUT2D eigenvalue weighted by Crippen LogP contribution is -2.28.